The average Bonchev–Trinajstić information content (AvgIpc) is 2.15. The summed E-state index contributed by atoms with van der Waals surface area (Å²) in [6.07, 6.45) is 1.52. The molecular formula is C11H15BrN2O2. The van der Waals surface area contributed by atoms with Gasteiger partial charge >= 0.3 is 5.97 Å². The third kappa shape index (κ3) is 3.20. The molecule has 88 valence electrons. The first kappa shape index (κ1) is 13.0. The van der Waals surface area contributed by atoms with Gasteiger partial charge in [-0.15, -0.1) is 0 Å². The van der Waals surface area contributed by atoms with E-state index in [0.29, 0.717) is 11.4 Å². The predicted molar refractivity (Wildman–Crippen MR) is 66.8 cm³/mol. The minimum atomic E-state index is -0.354. The van der Waals surface area contributed by atoms with Crippen molar-refractivity contribution in [1.82, 2.24) is 4.98 Å². The average molecular weight is 287 g/mol. The summed E-state index contributed by atoms with van der Waals surface area (Å²) in [5.41, 5.74) is 0.466. The van der Waals surface area contributed by atoms with Gasteiger partial charge in [-0.25, -0.2) is 9.78 Å². The highest BCUT2D eigenvalue weighted by Gasteiger charge is 2.17. The summed E-state index contributed by atoms with van der Waals surface area (Å²) in [5, 5.41) is 0. The quantitative estimate of drug-likeness (QED) is 0.801. The summed E-state index contributed by atoms with van der Waals surface area (Å²) < 4.78 is 5.91. The molecule has 0 N–H and O–H groups in total. The van der Waals surface area contributed by atoms with Crippen molar-refractivity contribution in [2.45, 2.75) is 20.0 Å². The molecule has 0 spiro atoms. The van der Waals surface area contributed by atoms with Crippen molar-refractivity contribution in [3.63, 3.8) is 0 Å². The van der Waals surface area contributed by atoms with Crippen molar-refractivity contribution in [3.8, 4) is 0 Å². The normalized spacial score (nSPS) is 10.4. The Morgan fingerprint density at radius 1 is 1.50 bits per heavy atom. The number of pyridine rings is 1. The Morgan fingerprint density at radius 3 is 2.62 bits per heavy atom. The molecule has 5 heteroatoms. The van der Waals surface area contributed by atoms with Gasteiger partial charge in [-0.05, 0) is 35.8 Å². The van der Waals surface area contributed by atoms with Crippen LogP contribution in [-0.2, 0) is 4.74 Å². The number of rotatable bonds is 3. The van der Waals surface area contributed by atoms with E-state index in [1.54, 1.807) is 17.2 Å². The minimum Gasteiger partial charge on any atom is -0.459 e. The molecular weight excluding hydrogens is 272 g/mol. The monoisotopic (exact) mass is 286 g/mol. The van der Waals surface area contributed by atoms with Crippen LogP contribution < -0.4 is 4.90 Å². The first-order valence-electron chi connectivity index (χ1n) is 4.95. The summed E-state index contributed by atoms with van der Waals surface area (Å²) in [5.74, 6) is 0.251. The van der Waals surface area contributed by atoms with Gasteiger partial charge in [-0.1, -0.05) is 0 Å². The van der Waals surface area contributed by atoms with E-state index < -0.39 is 0 Å². The first-order valence-corrected chi connectivity index (χ1v) is 5.75. The second-order valence-corrected chi connectivity index (χ2v) is 4.79. The summed E-state index contributed by atoms with van der Waals surface area (Å²) in [6, 6.07) is 1.72. The Bertz CT molecular complexity index is 392. The van der Waals surface area contributed by atoms with Crippen LogP contribution in [0.1, 0.15) is 24.2 Å². The van der Waals surface area contributed by atoms with Crippen LogP contribution in [0.3, 0.4) is 0 Å². The maximum absolute atomic E-state index is 11.8. The molecule has 16 heavy (non-hydrogen) atoms. The largest absolute Gasteiger partial charge is 0.459 e. The number of ether oxygens (including phenoxy) is 1. The topological polar surface area (TPSA) is 42.4 Å². The maximum Gasteiger partial charge on any atom is 0.342 e. The van der Waals surface area contributed by atoms with E-state index >= 15 is 0 Å². The molecule has 1 heterocycles. The Morgan fingerprint density at radius 2 is 2.12 bits per heavy atom. The van der Waals surface area contributed by atoms with Gasteiger partial charge in [0.1, 0.15) is 11.4 Å². The molecule has 0 atom stereocenters. The lowest BCUT2D eigenvalue weighted by Gasteiger charge is -2.16. The van der Waals surface area contributed by atoms with E-state index in [2.05, 4.69) is 20.9 Å². The highest BCUT2D eigenvalue weighted by molar-refractivity contribution is 9.10. The molecule has 0 aliphatic heterocycles. The van der Waals surface area contributed by atoms with Crippen LogP contribution in [0.15, 0.2) is 16.7 Å². The number of hydrogen-bond donors (Lipinski definition) is 0. The molecule has 0 saturated heterocycles. The molecule has 0 bridgehead atoms. The van der Waals surface area contributed by atoms with Crippen LogP contribution in [-0.4, -0.2) is 31.2 Å². The number of carbonyl (C=O) groups excluding carboxylic acids is 1. The predicted octanol–water partition coefficient (Wildman–Crippen LogP) is 2.48. The molecule has 0 amide bonds. The number of esters is 1. The lowest BCUT2D eigenvalue weighted by molar-refractivity contribution is 0.0378. The molecule has 0 fully saturated rings. The van der Waals surface area contributed by atoms with Crippen LogP contribution in [0.25, 0.3) is 0 Å². The van der Waals surface area contributed by atoms with Crippen molar-refractivity contribution >= 4 is 27.7 Å². The molecule has 0 aliphatic rings. The fraction of sp³-hybridized carbons (Fsp3) is 0.455. The Kier molecular flexibility index (Phi) is 4.29. The second kappa shape index (κ2) is 5.30. The Hall–Kier alpha value is -1.10. The first-order chi connectivity index (χ1) is 7.41. The molecule has 0 saturated carbocycles. The van der Waals surface area contributed by atoms with E-state index in [0.717, 1.165) is 4.47 Å². The van der Waals surface area contributed by atoms with Gasteiger partial charge in [0.15, 0.2) is 0 Å². The third-order valence-electron chi connectivity index (χ3n) is 1.82. The van der Waals surface area contributed by atoms with Gasteiger partial charge in [-0.3, -0.25) is 0 Å². The van der Waals surface area contributed by atoms with Gasteiger partial charge in [0.2, 0.25) is 0 Å². The van der Waals surface area contributed by atoms with Crippen LogP contribution in [0.4, 0.5) is 5.82 Å². The zero-order chi connectivity index (χ0) is 12.3. The summed E-state index contributed by atoms with van der Waals surface area (Å²) in [4.78, 5) is 17.8. The third-order valence-corrected chi connectivity index (χ3v) is 2.25. The van der Waals surface area contributed by atoms with E-state index in [1.165, 1.54) is 0 Å². The molecule has 1 aromatic heterocycles. The Balaban J connectivity index is 3.09. The van der Waals surface area contributed by atoms with Crippen molar-refractivity contribution in [3.05, 3.63) is 22.3 Å². The van der Waals surface area contributed by atoms with E-state index in [-0.39, 0.29) is 12.1 Å². The van der Waals surface area contributed by atoms with Gasteiger partial charge in [0, 0.05) is 24.8 Å². The summed E-state index contributed by atoms with van der Waals surface area (Å²) >= 11 is 3.29. The van der Waals surface area contributed by atoms with Gasteiger partial charge < -0.3 is 9.64 Å². The highest BCUT2D eigenvalue weighted by atomic mass is 79.9. The number of nitrogens with zero attached hydrogens (tertiary/aromatic N) is 2. The van der Waals surface area contributed by atoms with Crippen molar-refractivity contribution < 1.29 is 9.53 Å². The zero-order valence-electron chi connectivity index (χ0n) is 9.82. The van der Waals surface area contributed by atoms with Crippen LogP contribution in [0.2, 0.25) is 0 Å². The number of anilines is 1. The minimum absolute atomic E-state index is 0.138. The maximum atomic E-state index is 11.8. The number of halogens is 1. The number of hydrogen-bond acceptors (Lipinski definition) is 4. The van der Waals surface area contributed by atoms with Crippen molar-refractivity contribution in [2.75, 3.05) is 19.0 Å². The Labute approximate surface area is 104 Å². The van der Waals surface area contributed by atoms with E-state index in [9.17, 15) is 4.79 Å². The molecule has 0 aromatic carbocycles. The number of carbonyl (C=O) groups is 1. The van der Waals surface area contributed by atoms with Crippen molar-refractivity contribution in [1.29, 1.82) is 0 Å². The molecule has 0 radical (unpaired) electrons. The SMILES string of the molecule is CC(C)OC(=O)c1cc(Br)cnc1N(C)C. The molecule has 1 rings (SSSR count). The zero-order valence-corrected chi connectivity index (χ0v) is 11.4. The fourth-order valence-electron chi connectivity index (χ4n) is 1.22. The molecule has 0 aliphatic carbocycles. The van der Waals surface area contributed by atoms with Gasteiger partial charge in [0.05, 0.1) is 6.10 Å². The van der Waals surface area contributed by atoms with Crippen LogP contribution in [0, 0.1) is 0 Å². The van der Waals surface area contributed by atoms with Gasteiger partial charge in [-0.2, -0.15) is 0 Å². The van der Waals surface area contributed by atoms with Crippen molar-refractivity contribution in [2.24, 2.45) is 0 Å². The summed E-state index contributed by atoms with van der Waals surface area (Å²) in [6.45, 7) is 3.64. The molecule has 4 nitrogen and oxygen atoms in total. The smallest absolute Gasteiger partial charge is 0.342 e. The van der Waals surface area contributed by atoms with Gasteiger partial charge in [0.25, 0.3) is 0 Å². The van der Waals surface area contributed by atoms with Crippen LogP contribution in [0.5, 0.6) is 0 Å². The van der Waals surface area contributed by atoms with E-state index in [4.69, 9.17) is 4.74 Å². The van der Waals surface area contributed by atoms with Crippen LogP contribution >= 0.6 is 15.9 Å². The molecule has 1 aromatic rings. The highest BCUT2D eigenvalue weighted by Crippen LogP contribution is 2.21. The molecule has 0 unspecified atom stereocenters. The number of aromatic nitrogens is 1. The summed E-state index contributed by atoms with van der Waals surface area (Å²) in [7, 11) is 3.67. The lowest BCUT2D eigenvalue weighted by Crippen LogP contribution is -2.19. The van der Waals surface area contributed by atoms with E-state index in [1.807, 2.05) is 27.9 Å². The standard InChI is InChI=1S/C11H15BrN2O2/c1-7(2)16-11(15)9-5-8(12)6-13-10(9)14(3)4/h5-7H,1-4H3. The second-order valence-electron chi connectivity index (χ2n) is 3.87. The fourth-order valence-corrected chi connectivity index (χ4v) is 1.55. The lowest BCUT2D eigenvalue weighted by atomic mass is 10.2.